The topological polar surface area (TPSA) is 20.2 Å². The standard InChI is InChI=1S/C11H12F2O/c1-6-4-9(6)11(14)8-3-2-7(12)5-10(8)13/h2-3,5-6,9,11,14H,4H2,1H3. The highest BCUT2D eigenvalue weighted by Crippen LogP contribution is 2.47. The zero-order chi connectivity index (χ0) is 10.3. The Morgan fingerprint density at radius 2 is 2.07 bits per heavy atom. The third-order valence-corrected chi connectivity index (χ3v) is 2.86. The Labute approximate surface area is 81.4 Å². The number of aliphatic hydroxyl groups is 1. The van der Waals surface area contributed by atoms with Gasteiger partial charge < -0.3 is 5.11 Å². The fraction of sp³-hybridized carbons (Fsp3) is 0.455. The Bertz CT molecular complexity index is 351. The molecule has 14 heavy (non-hydrogen) atoms. The average Bonchev–Trinajstić information content (AvgIpc) is 2.81. The van der Waals surface area contributed by atoms with Gasteiger partial charge in [0, 0.05) is 11.6 Å². The van der Waals surface area contributed by atoms with E-state index in [9.17, 15) is 13.9 Å². The van der Waals surface area contributed by atoms with Crippen LogP contribution in [-0.2, 0) is 0 Å². The monoisotopic (exact) mass is 198 g/mol. The average molecular weight is 198 g/mol. The molecule has 1 aromatic rings. The summed E-state index contributed by atoms with van der Waals surface area (Å²) in [6.45, 7) is 2.01. The molecular weight excluding hydrogens is 186 g/mol. The second kappa shape index (κ2) is 3.31. The predicted octanol–water partition coefficient (Wildman–Crippen LogP) is 2.65. The molecule has 1 nitrogen and oxygen atoms in total. The van der Waals surface area contributed by atoms with Crippen LogP contribution < -0.4 is 0 Å². The van der Waals surface area contributed by atoms with Crippen molar-refractivity contribution in [3.8, 4) is 0 Å². The maximum atomic E-state index is 13.2. The number of aliphatic hydroxyl groups excluding tert-OH is 1. The highest BCUT2D eigenvalue weighted by atomic mass is 19.1. The Morgan fingerprint density at radius 3 is 2.57 bits per heavy atom. The van der Waals surface area contributed by atoms with Crippen LogP contribution in [0.3, 0.4) is 0 Å². The molecule has 0 heterocycles. The highest BCUT2D eigenvalue weighted by Gasteiger charge is 2.40. The molecule has 3 atom stereocenters. The lowest BCUT2D eigenvalue weighted by atomic mass is 10.0. The first-order valence-electron chi connectivity index (χ1n) is 4.72. The third kappa shape index (κ3) is 1.64. The zero-order valence-corrected chi connectivity index (χ0v) is 7.87. The molecule has 1 aromatic carbocycles. The Morgan fingerprint density at radius 1 is 1.43 bits per heavy atom. The van der Waals surface area contributed by atoms with Crippen molar-refractivity contribution in [3.05, 3.63) is 35.4 Å². The molecule has 0 amide bonds. The Balaban J connectivity index is 2.23. The molecule has 1 aliphatic rings. The smallest absolute Gasteiger partial charge is 0.131 e. The molecule has 1 fully saturated rings. The summed E-state index contributed by atoms with van der Waals surface area (Å²) in [6, 6.07) is 3.31. The molecule has 1 saturated carbocycles. The van der Waals surface area contributed by atoms with Crippen molar-refractivity contribution in [2.75, 3.05) is 0 Å². The molecule has 1 aliphatic carbocycles. The summed E-state index contributed by atoms with van der Waals surface area (Å²) in [5.74, 6) is -0.691. The van der Waals surface area contributed by atoms with Crippen LogP contribution in [0.15, 0.2) is 18.2 Å². The van der Waals surface area contributed by atoms with Crippen LogP contribution in [0.5, 0.6) is 0 Å². The lowest BCUT2D eigenvalue weighted by Crippen LogP contribution is -2.04. The minimum Gasteiger partial charge on any atom is -0.388 e. The number of rotatable bonds is 2. The minimum absolute atomic E-state index is 0.134. The Kier molecular flexibility index (Phi) is 2.27. The van der Waals surface area contributed by atoms with Crippen LogP contribution in [0.4, 0.5) is 8.78 Å². The van der Waals surface area contributed by atoms with Crippen molar-refractivity contribution in [2.45, 2.75) is 19.4 Å². The van der Waals surface area contributed by atoms with E-state index in [1.165, 1.54) is 12.1 Å². The Hall–Kier alpha value is -0.960. The maximum absolute atomic E-state index is 13.2. The van der Waals surface area contributed by atoms with Crippen LogP contribution in [0.25, 0.3) is 0 Å². The van der Waals surface area contributed by atoms with Crippen LogP contribution in [0.1, 0.15) is 25.0 Å². The summed E-state index contributed by atoms with van der Waals surface area (Å²) in [5.41, 5.74) is 0.209. The molecule has 3 unspecified atom stereocenters. The van der Waals surface area contributed by atoms with Gasteiger partial charge in [-0.1, -0.05) is 13.0 Å². The van der Waals surface area contributed by atoms with Gasteiger partial charge in [0.2, 0.25) is 0 Å². The molecule has 0 aliphatic heterocycles. The summed E-state index contributed by atoms with van der Waals surface area (Å²) in [6.07, 6.45) is 0.128. The van der Waals surface area contributed by atoms with Gasteiger partial charge >= 0.3 is 0 Å². The fourth-order valence-corrected chi connectivity index (χ4v) is 1.76. The fourth-order valence-electron chi connectivity index (χ4n) is 1.76. The third-order valence-electron chi connectivity index (χ3n) is 2.86. The van der Waals surface area contributed by atoms with Crippen molar-refractivity contribution in [1.82, 2.24) is 0 Å². The molecule has 1 N–H and O–H groups in total. The van der Waals surface area contributed by atoms with Crippen molar-refractivity contribution >= 4 is 0 Å². The first kappa shape index (κ1) is 9.59. The van der Waals surface area contributed by atoms with Crippen LogP contribution in [0, 0.1) is 23.5 Å². The highest BCUT2D eigenvalue weighted by molar-refractivity contribution is 5.22. The first-order chi connectivity index (χ1) is 6.59. The van der Waals surface area contributed by atoms with E-state index in [2.05, 4.69) is 0 Å². The van der Waals surface area contributed by atoms with E-state index in [1.807, 2.05) is 6.92 Å². The van der Waals surface area contributed by atoms with Gasteiger partial charge in [-0.2, -0.15) is 0 Å². The van der Waals surface area contributed by atoms with E-state index in [1.54, 1.807) is 0 Å². The van der Waals surface area contributed by atoms with Crippen molar-refractivity contribution in [2.24, 2.45) is 11.8 Å². The largest absolute Gasteiger partial charge is 0.388 e. The van der Waals surface area contributed by atoms with Gasteiger partial charge in [-0.05, 0) is 24.3 Å². The molecular formula is C11H12F2O. The number of halogens is 2. The van der Waals surface area contributed by atoms with Gasteiger partial charge in [0.05, 0.1) is 6.10 Å². The molecule has 0 saturated heterocycles. The van der Waals surface area contributed by atoms with Gasteiger partial charge in [-0.3, -0.25) is 0 Å². The molecule has 0 aromatic heterocycles. The molecule has 76 valence electrons. The lowest BCUT2D eigenvalue weighted by molar-refractivity contribution is 0.143. The minimum atomic E-state index is -0.786. The number of benzene rings is 1. The molecule has 0 bridgehead atoms. The second-order valence-electron chi connectivity index (χ2n) is 3.99. The van der Waals surface area contributed by atoms with Gasteiger partial charge in [-0.25, -0.2) is 8.78 Å². The summed E-state index contributed by atoms with van der Waals surface area (Å²) >= 11 is 0. The van der Waals surface area contributed by atoms with E-state index < -0.39 is 17.7 Å². The summed E-state index contributed by atoms with van der Waals surface area (Å²) in [7, 11) is 0. The molecule has 0 radical (unpaired) electrons. The predicted molar refractivity (Wildman–Crippen MR) is 48.6 cm³/mol. The SMILES string of the molecule is CC1CC1C(O)c1ccc(F)cc1F. The van der Waals surface area contributed by atoms with Gasteiger partial charge in [0.15, 0.2) is 0 Å². The molecule has 3 heteroatoms. The van der Waals surface area contributed by atoms with Crippen molar-refractivity contribution < 1.29 is 13.9 Å². The van der Waals surface area contributed by atoms with Crippen molar-refractivity contribution in [1.29, 1.82) is 0 Å². The number of hydrogen-bond acceptors (Lipinski definition) is 1. The first-order valence-corrected chi connectivity index (χ1v) is 4.72. The van der Waals surface area contributed by atoms with Gasteiger partial charge in [-0.15, -0.1) is 0 Å². The zero-order valence-electron chi connectivity index (χ0n) is 7.87. The van der Waals surface area contributed by atoms with Crippen LogP contribution in [0.2, 0.25) is 0 Å². The van der Waals surface area contributed by atoms with Gasteiger partial charge in [0.25, 0.3) is 0 Å². The normalized spacial score (nSPS) is 27.4. The number of hydrogen-bond donors (Lipinski definition) is 1. The quantitative estimate of drug-likeness (QED) is 0.774. The van der Waals surface area contributed by atoms with E-state index >= 15 is 0 Å². The van der Waals surface area contributed by atoms with Gasteiger partial charge in [0.1, 0.15) is 11.6 Å². The second-order valence-corrected chi connectivity index (χ2v) is 3.99. The molecule has 0 spiro atoms. The van der Waals surface area contributed by atoms with Crippen molar-refractivity contribution in [3.63, 3.8) is 0 Å². The summed E-state index contributed by atoms with van der Waals surface area (Å²) in [4.78, 5) is 0. The maximum Gasteiger partial charge on any atom is 0.131 e. The summed E-state index contributed by atoms with van der Waals surface area (Å²) in [5, 5.41) is 9.74. The van der Waals surface area contributed by atoms with Crippen LogP contribution >= 0.6 is 0 Å². The summed E-state index contributed by atoms with van der Waals surface area (Å²) < 4.78 is 25.8. The molecule has 2 rings (SSSR count). The lowest BCUT2D eigenvalue weighted by Gasteiger charge is -2.10. The van der Waals surface area contributed by atoms with E-state index in [-0.39, 0.29) is 11.5 Å². The van der Waals surface area contributed by atoms with Crippen LogP contribution in [-0.4, -0.2) is 5.11 Å². The van der Waals surface area contributed by atoms with E-state index in [4.69, 9.17) is 0 Å². The van der Waals surface area contributed by atoms with E-state index in [0.29, 0.717) is 5.92 Å². The van der Waals surface area contributed by atoms with E-state index in [0.717, 1.165) is 12.5 Å².